The van der Waals surface area contributed by atoms with Crippen molar-refractivity contribution in [2.24, 2.45) is 5.92 Å². The van der Waals surface area contributed by atoms with Crippen LogP contribution in [0.15, 0.2) is 48.5 Å². The number of benzene rings is 2. The molecule has 5 heteroatoms. The van der Waals surface area contributed by atoms with Gasteiger partial charge in [0, 0.05) is 23.8 Å². The van der Waals surface area contributed by atoms with Crippen LogP contribution < -0.4 is 16.0 Å². The highest BCUT2D eigenvalue weighted by molar-refractivity contribution is 5.94. The van der Waals surface area contributed by atoms with Gasteiger partial charge in [-0.2, -0.15) is 0 Å². The quantitative estimate of drug-likeness (QED) is 0.618. The molecular weight excluding hydrogens is 350 g/mol. The molecule has 0 radical (unpaired) electrons. The lowest BCUT2D eigenvalue weighted by atomic mass is 10.0. The Labute approximate surface area is 166 Å². The van der Waals surface area contributed by atoms with Crippen LogP contribution in [0.4, 0.5) is 11.4 Å². The second kappa shape index (κ2) is 9.40. The van der Waals surface area contributed by atoms with Gasteiger partial charge >= 0.3 is 0 Å². The number of carbonyl (C=O) groups is 2. The lowest BCUT2D eigenvalue weighted by Gasteiger charge is -2.10. The summed E-state index contributed by atoms with van der Waals surface area (Å²) in [4.78, 5) is 23.8. The van der Waals surface area contributed by atoms with Crippen LogP contribution in [0, 0.1) is 5.92 Å². The highest BCUT2D eigenvalue weighted by Crippen LogP contribution is 2.30. The summed E-state index contributed by atoms with van der Waals surface area (Å²) in [7, 11) is 0. The number of anilines is 2. The molecule has 1 fully saturated rings. The molecule has 1 saturated carbocycles. The van der Waals surface area contributed by atoms with E-state index in [0.717, 1.165) is 30.6 Å². The van der Waals surface area contributed by atoms with E-state index in [4.69, 9.17) is 0 Å². The molecule has 0 aromatic heterocycles. The predicted octanol–water partition coefficient (Wildman–Crippen LogP) is 3.93. The molecule has 3 N–H and O–H groups in total. The molecule has 2 aromatic rings. The van der Waals surface area contributed by atoms with Crippen molar-refractivity contribution < 1.29 is 9.59 Å². The van der Waals surface area contributed by atoms with Crippen molar-refractivity contribution in [3.05, 3.63) is 59.7 Å². The molecule has 0 bridgehead atoms. The zero-order valence-electron chi connectivity index (χ0n) is 16.6. The molecule has 0 unspecified atom stereocenters. The van der Waals surface area contributed by atoms with Crippen LogP contribution in [0.3, 0.4) is 0 Å². The Morgan fingerprint density at radius 1 is 0.964 bits per heavy atom. The molecule has 0 spiro atoms. The highest BCUT2D eigenvalue weighted by atomic mass is 16.2. The maximum absolute atomic E-state index is 12.0. The fraction of sp³-hybridized carbons (Fsp3) is 0.391. The van der Waals surface area contributed by atoms with E-state index in [1.807, 2.05) is 24.3 Å². The van der Waals surface area contributed by atoms with Crippen molar-refractivity contribution in [1.82, 2.24) is 5.32 Å². The standard InChI is InChI=1S/C23H29N3O2/c1-16(2)18-5-3-17(4-6-18)13-14-24-22(27)15-25-20-9-11-21(12-10-20)26-23(28)19-7-8-19/h3-6,9-12,16,19,25H,7-8,13-15H2,1-2H3,(H,24,27)(H,26,28). The molecule has 0 saturated heterocycles. The molecule has 3 rings (SSSR count). The first-order valence-electron chi connectivity index (χ1n) is 10.0. The smallest absolute Gasteiger partial charge is 0.239 e. The largest absolute Gasteiger partial charge is 0.376 e. The van der Waals surface area contributed by atoms with Crippen LogP contribution in [-0.2, 0) is 16.0 Å². The summed E-state index contributed by atoms with van der Waals surface area (Å²) in [6.45, 7) is 5.20. The first kappa shape index (κ1) is 19.9. The van der Waals surface area contributed by atoms with Gasteiger partial charge in [0.1, 0.15) is 0 Å². The van der Waals surface area contributed by atoms with Crippen molar-refractivity contribution in [1.29, 1.82) is 0 Å². The van der Waals surface area contributed by atoms with Gasteiger partial charge in [-0.15, -0.1) is 0 Å². The zero-order valence-corrected chi connectivity index (χ0v) is 16.6. The van der Waals surface area contributed by atoms with Gasteiger partial charge in [0.15, 0.2) is 0 Å². The summed E-state index contributed by atoms with van der Waals surface area (Å²) in [5.41, 5.74) is 4.19. The van der Waals surface area contributed by atoms with Crippen LogP contribution in [0.1, 0.15) is 43.7 Å². The number of hydrogen-bond acceptors (Lipinski definition) is 3. The summed E-state index contributed by atoms with van der Waals surface area (Å²) in [6.07, 6.45) is 2.80. The minimum absolute atomic E-state index is 0.0371. The van der Waals surface area contributed by atoms with E-state index in [1.54, 1.807) is 0 Å². The molecule has 2 amide bonds. The van der Waals surface area contributed by atoms with Gasteiger partial charge in [-0.1, -0.05) is 38.1 Å². The van der Waals surface area contributed by atoms with Crippen LogP contribution in [0.5, 0.6) is 0 Å². The molecular formula is C23H29N3O2. The Hall–Kier alpha value is -2.82. The Morgan fingerprint density at radius 3 is 2.21 bits per heavy atom. The first-order valence-corrected chi connectivity index (χ1v) is 10.0. The van der Waals surface area contributed by atoms with E-state index in [9.17, 15) is 9.59 Å². The van der Waals surface area contributed by atoms with Gasteiger partial charge in [0.05, 0.1) is 6.54 Å². The summed E-state index contributed by atoms with van der Waals surface area (Å²) in [5.74, 6) is 0.779. The normalized spacial score (nSPS) is 13.2. The van der Waals surface area contributed by atoms with E-state index in [1.165, 1.54) is 11.1 Å². The van der Waals surface area contributed by atoms with Gasteiger partial charge < -0.3 is 16.0 Å². The molecule has 5 nitrogen and oxygen atoms in total. The third-order valence-corrected chi connectivity index (χ3v) is 4.94. The Morgan fingerprint density at radius 2 is 1.61 bits per heavy atom. The topological polar surface area (TPSA) is 70.2 Å². The lowest BCUT2D eigenvalue weighted by Crippen LogP contribution is -2.31. The number of hydrogen-bond donors (Lipinski definition) is 3. The van der Waals surface area contributed by atoms with Crippen LogP contribution in [-0.4, -0.2) is 24.9 Å². The van der Waals surface area contributed by atoms with Crippen LogP contribution in [0.25, 0.3) is 0 Å². The fourth-order valence-corrected chi connectivity index (χ4v) is 2.92. The predicted molar refractivity (Wildman–Crippen MR) is 114 cm³/mol. The minimum atomic E-state index is -0.0371. The minimum Gasteiger partial charge on any atom is -0.376 e. The molecule has 2 aromatic carbocycles. The average molecular weight is 380 g/mol. The van der Waals surface area contributed by atoms with E-state index in [2.05, 4.69) is 54.1 Å². The summed E-state index contributed by atoms with van der Waals surface area (Å²) in [6, 6.07) is 16.0. The van der Waals surface area contributed by atoms with Crippen LogP contribution in [0.2, 0.25) is 0 Å². The Kier molecular flexibility index (Phi) is 6.69. The third kappa shape index (κ3) is 6.12. The third-order valence-electron chi connectivity index (χ3n) is 4.94. The maximum atomic E-state index is 12.0. The fourth-order valence-electron chi connectivity index (χ4n) is 2.92. The van der Waals surface area contributed by atoms with Crippen molar-refractivity contribution in [2.75, 3.05) is 23.7 Å². The summed E-state index contributed by atoms with van der Waals surface area (Å²) in [5, 5.41) is 8.94. The number of amides is 2. The highest BCUT2D eigenvalue weighted by Gasteiger charge is 2.29. The second-order valence-electron chi connectivity index (χ2n) is 7.69. The number of nitrogens with one attached hydrogen (secondary N) is 3. The molecule has 0 heterocycles. The van der Waals surface area contributed by atoms with Crippen molar-refractivity contribution >= 4 is 23.2 Å². The summed E-state index contributed by atoms with van der Waals surface area (Å²) >= 11 is 0. The second-order valence-corrected chi connectivity index (χ2v) is 7.69. The van der Waals surface area contributed by atoms with Crippen molar-refractivity contribution in [3.63, 3.8) is 0 Å². The van der Waals surface area contributed by atoms with Gasteiger partial charge in [-0.3, -0.25) is 9.59 Å². The van der Waals surface area contributed by atoms with Crippen LogP contribution >= 0.6 is 0 Å². The number of carbonyl (C=O) groups excluding carboxylic acids is 2. The molecule has 1 aliphatic carbocycles. The molecule has 148 valence electrons. The summed E-state index contributed by atoms with van der Waals surface area (Å²) < 4.78 is 0. The van der Waals surface area contributed by atoms with Crippen molar-refractivity contribution in [2.45, 2.75) is 39.0 Å². The first-order chi connectivity index (χ1) is 13.5. The van der Waals surface area contributed by atoms with E-state index in [-0.39, 0.29) is 24.3 Å². The van der Waals surface area contributed by atoms with Gasteiger partial charge in [-0.05, 0) is 60.6 Å². The monoisotopic (exact) mass is 379 g/mol. The molecule has 28 heavy (non-hydrogen) atoms. The molecule has 1 aliphatic rings. The Bertz CT molecular complexity index is 794. The maximum Gasteiger partial charge on any atom is 0.239 e. The molecule has 0 aliphatic heterocycles. The molecule has 0 atom stereocenters. The SMILES string of the molecule is CC(C)c1ccc(CCNC(=O)CNc2ccc(NC(=O)C3CC3)cc2)cc1. The van der Waals surface area contributed by atoms with Gasteiger partial charge in [-0.25, -0.2) is 0 Å². The van der Waals surface area contributed by atoms with Gasteiger partial charge in [0.25, 0.3) is 0 Å². The number of rotatable bonds is 9. The van der Waals surface area contributed by atoms with Gasteiger partial charge in [0.2, 0.25) is 11.8 Å². The zero-order chi connectivity index (χ0) is 19.9. The van der Waals surface area contributed by atoms with Crippen molar-refractivity contribution in [3.8, 4) is 0 Å². The average Bonchev–Trinajstić information content (AvgIpc) is 3.53. The van der Waals surface area contributed by atoms with E-state index in [0.29, 0.717) is 12.5 Å². The lowest BCUT2D eigenvalue weighted by molar-refractivity contribution is -0.119. The van der Waals surface area contributed by atoms with E-state index < -0.39 is 0 Å². The Balaban J connectivity index is 1.35. The van der Waals surface area contributed by atoms with E-state index >= 15 is 0 Å².